The number of halogens is 1. The largest absolute Gasteiger partial charge is 0.493 e. The number of ether oxygens (including phenoxy) is 3. The Kier molecular flexibility index (Phi) is 13.0. The van der Waals surface area contributed by atoms with Gasteiger partial charge < -0.3 is 25.1 Å². The summed E-state index contributed by atoms with van der Waals surface area (Å²) in [4.78, 5) is 0. The van der Waals surface area contributed by atoms with Gasteiger partial charge in [-0.3, -0.25) is 0 Å². The van der Waals surface area contributed by atoms with Crippen LogP contribution >= 0.6 is 12.4 Å². The van der Waals surface area contributed by atoms with E-state index < -0.39 is 22.2 Å². The van der Waals surface area contributed by atoms with Gasteiger partial charge in [-0.15, -0.1) is 12.4 Å². The first kappa shape index (κ1) is 29.9. The molecule has 0 radical (unpaired) electrons. The number of rotatable bonds is 16. The number of hydrogen-bond donors (Lipinski definition) is 3. The van der Waals surface area contributed by atoms with Crippen molar-refractivity contribution in [3.05, 3.63) is 23.8 Å². The van der Waals surface area contributed by atoms with Gasteiger partial charge in [-0.1, -0.05) is 19.9 Å². The lowest BCUT2D eigenvalue weighted by molar-refractivity contribution is 0.129. The first-order chi connectivity index (χ1) is 15.2. The van der Waals surface area contributed by atoms with Crippen LogP contribution in [0.5, 0.6) is 11.5 Å². The average Bonchev–Trinajstić information content (AvgIpc) is 3.61. The Balaban J connectivity index is 0.00000544. The molecule has 0 heterocycles. The van der Waals surface area contributed by atoms with Crippen LogP contribution < -0.4 is 19.9 Å². The summed E-state index contributed by atoms with van der Waals surface area (Å²) in [5.74, 6) is 1.93. The van der Waals surface area contributed by atoms with Crippen LogP contribution in [-0.4, -0.2) is 64.9 Å². The van der Waals surface area contributed by atoms with Crippen LogP contribution in [-0.2, 0) is 21.2 Å². The maximum atomic E-state index is 12.0. The van der Waals surface area contributed by atoms with Crippen molar-refractivity contribution in [3.63, 3.8) is 0 Å². The molecule has 192 valence electrons. The summed E-state index contributed by atoms with van der Waals surface area (Å²) in [5, 5.41) is 10.1. The minimum Gasteiger partial charge on any atom is -0.493 e. The number of benzene rings is 1. The summed E-state index contributed by atoms with van der Waals surface area (Å²) in [7, 11) is -0.0505. The molecule has 33 heavy (non-hydrogen) atoms. The van der Waals surface area contributed by atoms with Crippen molar-refractivity contribution in [2.24, 2.45) is 17.6 Å². The minimum atomic E-state index is -3.33. The Hall–Kier alpha value is -1.10. The second kappa shape index (κ2) is 14.3. The lowest BCUT2D eigenvalue weighted by atomic mass is 9.83. The molecule has 0 spiro atoms. The molecular formula is C23H41ClN2O6S. The predicted octanol–water partition coefficient (Wildman–Crippen LogP) is 2.51. The van der Waals surface area contributed by atoms with Crippen LogP contribution in [0.4, 0.5) is 0 Å². The van der Waals surface area contributed by atoms with Gasteiger partial charge in [0, 0.05) is 32.7 Å². The molecule has 8 nitrogen and oxygen atoms in total. The van der Waals surface area contributed by atoms with Crippen molar-refractivity contribution in [2.75, 3.05) is 34.0 Å². The van der Waals surface area contributed by atoms with E-state index in [1.807, 2.05) is 18.2 Å². The Bertz CT molecular complexity index is 804. The van der Waals surface area contributed by atoms with Crippen LogP contribution in [0, 0.1) is 11.8 Å². The van der Waals surface area contributed by atoms with Gasteiger partial charge in [0.25, 0.3) is 0 Å². The summed E-state index contributed by atoms with van der Waals surface area (Å²) >= 11 is 0. The fourth-order valence-electron chi connectivity index (χ4n) is 3.60. The van der Waals surface area contributed by atoms with Gasteiger partial charge in [0.2, 0.25) is 10.0 Å². The zero-order valence-corrected chi connectivity index (χ0v) is 21.8. The molecule has 0 aromatic heterocycles. The smallest absolute Gasteiger partial charge is 0.214 e. The zero-order valence-electron chi connectivity index (χ0n) is 20.2. The van der Waals surface area contributed by atoms with Crippen molar-refractivity contribution in [1.29, 1.82) is 0 Å². The third-order valence-electron chi connectivity index (χ3n) is 5.95. The molecule has 2 rings (SSSR count). The van der Waals surface area contributed by atoms with E-state index in [-0.39, 0.29) is 30.1 Å². The van der Waals surface area contributed by atoms with Crippen molar-refractivity contribution < 1.29 is 27.7 Å². The van der Waals surface area contributed by atoms with Gasteiger partial charge in [0.15, 0.2) is 11.5 Å². The van der Waals surface area contributed by atoms with E-state index in [1.54, 1.807) is 14.2 Å². The van der Waals surface area contributed by atoms with Gasteiger partial charge in [-0.25, -0.2) is 13.1 Å². The molecule has 1 aliphatic carbocycles. The van der Waals surface area contributed by atoms with Crippen molar-refractivity contribution in [1.82, 2.24) is 4.72 Å². The molecule has 0 amide bonds. The summed E-state index contributed by atoms with van der Waals surface area (Å²) in [6.45, 7) is 5.38. The molecule has 0 aliphatic heterocycles. The number of aliphatic hydroxyl groups is 1. The molecular weight excluding hydrogens is 468 g/mol. The minimum absolute atomic E-state index is 0. The van der Waals surface area contributed by atoms with E-state index in [9.17, 15) is 13.5 Å². The second-order valence-corrected chi connectivity index (χ2v) is 11.0. The molecule has 1 aliphatic rings. The van der Waals surface area contributed by atoms with Crippen molar-refractivity contribution in [3.8, 4) is 11.5 Å². The van der Waals surface area contributed by atoms with Crippen LogP contribution in [0.3, 0.4) is 0 Å². The molecule has 0 saturated heterocycles. The van der Waals surface area contributed by atoms with E-state index in [0.717, 1.165) is 18.4 Å². The van der Waals surface area contributed by atoms with Crippen LogP contribution in [0.2, 0.25) is 0 Å². The number of methoxy groups -OCH3 is 2. The number of nitrogens with two attached hydrogens (primary N) is 1. The highest BCUT2D eigenvalue weighted by atomic mass is 35.5. The number of nitrogens with one attached hydrogen (secondary N) is 1. The first-order valence-corrected chi connectivity index (χ1v) is 12.9. The molecule has 3 atom stereocenters. The highest BCUT2D eigenvalue weighted by molar-refractivity contribution is 7.90. The molecule has 1 fully saturated rings. The second-order valence-electron chi connectivity index (χ2n) is 8.95. The number of hydrogen-bond acceptors (Lipinski definition) is 7. The summed E-state index contributed by atoms with van der Waals surface area (Å²) in [6, 6.07) is 5.39. The fraction of sp³-hybridized carbons (Fsp3) is 0.739. The molecule has 1 aromatic rings. The Morgan fingerprint density at radius 3 is 2.45 bits per heavy atom. The quantitative estimate of drug-likeness (QED) is 0.293. The van der Waals surface area contributed by atoms with E-state index in [4.69, 9.17) is 19.9 Å². The normalized spacial score (nSPS) is 16.7. The first-order valence-electron chi connectivity index (χ1n) is 11.4. The maximum Gasteiger partial charge on any atom is 0.214 e. The van der Waals surface area contributed by atoms with Gasteiger partial charge >= 0.3 is 0 Å². The molecule has 1 saturated carbocycles. The Labute approximate surface area is 205 Å². The Morgan fingerprint density at radius 1 is 1.18 bits per heavy atom. The van der Waals surface area contributed by atoms with E-state index in [0.29, 0.717) is 49.9 Å². The monoisotopic (exact) mass is 508 g/mol. The van der Waals surface area contributed by atoms with Gasteiger partial charge in [0.1, 0.15) is 0 Å². The van der Waals surface area contributed by atoms with Gasteiger partial charge in [-0.2, -0.15) is 0 Å². The van der Waals surface area contributed by atoms with Gasteiger partial charge in [-0.05, 0) is 55.2 Å². The van der Waals surface area contributed by atoms with Gasteiger partial charge in [0.05, 0.1) is 25.1 Å². The number of aliphatic hydroxyl groups excluding tert-OH is 1. The van der Waals surface area contributed by atoms with Crippen LogP contribution in [0.15, 0.2) is 18.2 Å². The van der Waals surface area contributed by atoms with E-state index in [2.05, 4.69) is 18.6 Å². The lowest BCUT2D eigenvalue weighted by Gasteiger charge is -2.27. The number of sulfonamides is 1. The highest BCUT2D eigenvalue weighted by Crippen LogP contribution is 2.31. The maximum absolute atomic E-state index is 12.0. The third-order valence-corrected chi connectivity index (χ3v) is 7.86. The average molecular weight is 509 g/mol. The summed E-state index contributed by atoms with van der Waals surface area (Å²) in [6.07, 6.45) is 2.58. The predicted molar refractivity (Wildman–Crippen MR) is 133 cm³/mol. The van der Waals surface area contributed by atoms with Crippen LogP contribution in [0.25, 0.3) is 0 Å². The molecule has 4 N–H and O–H groups in total. The third kappa shape index (κ3) is 9.96. The Morgan fingerprint density at radius 2 is 1.88 bits per heavy atom. The zero-order chi connectivity index (χ0) is 23.7. The topological polar surface area (TPSA) is 120 Å². The molecule has 10 heteroatoms. The molecule has 0 bridgehead atoms. The van der Waals surface area contributed by atoms with E-state index >= 15 is 0 Å². The molecule has 0 unspecified atom stereocenters. The van der Waals surface area contributed by atoms with Crippen molar-refractivity contribution >= 4 is 22.4 Å². The SMILES string of the molecule is COCCCOc1cc(C[C@@H](C[C@H](N)[C@@H](O)CNS(=O)(=O)C2CC2)C(C)C)ccc1OC.Cl. The summed E-state index contributed by atoms with van der Waals surface area (Å²) < 4.78 is 42.9. The van der Waals surface area contributed by atoms with E-state index in [1.165, 1.54) is 0 Å². The summed E-state index contributed by atoms with van der Waals surface area (Å²) in [5.41, 5.74) is 7.36. The standard InChI is InChI=1S/C23H40N2O6S.ClH/c1-16(2)18(14-20(24)21(26)15-25-32(27,28)19-7-8-19)12-17-6-9-22(30-4)23(13-17)31-11-5-10-29-3;/h6,9,13,16,18-21,25-26H,5,7-8,10-12,14-15,24H2,1-4H3;1H/t18-,20-,21-;/m0./s1. The fourth-order valence-corrected chi connectivity index (χ4v) is 4.99. The van der Waals surface area contributed by atoms with Crippen molar-refractivity contribution in [2.45, 2.75) is 63.3 Å². The lowest BCUT2D eigenvalue weighted by Crippen LogP contribution is -2.45. The highest BCUT2D eigenvalue weighted by Gasteiger charge is 2.36. The van der Waals surface area contributed by atoms with Crippen LogP contribution in [0.1, 0.15) is 45.1 Å². The molecule has 1 aromatic carbocycles.